The molecule has 0 radical (unpaired) electrons. The molecule has 5 nitrogen and oxygen atoms in total. The Balaban J connectivity index is 1.52. The fraction of sp³-hybridized carbons (Fsp3) is 0.391. The summed E-state index contributed by atoms with van der Waals surface area (Å²) in [6.45, 7) is 4.59. The van der Waals surface area contributed by atoms with Gasteiger partial charge in [0.05, 0.1) is 12.0 Å². The minimum absolute atomic E-state index is 0.00623. The van der Waals surface area contributed by atoms with Crippen molar-refractivity contribution in [1.82, 2.24) is 4.90 Å². The Labute approximate surface area is 164 Å². The fourth-order valence-corrected chi connectivity index (χ4v) is 4.80. The number of carboxylic acids is 1. The molecule has 0 aromatic heterocycles. The molecule has 1 aliphatic carbocycles. The van der Waals surface area contributed by atoms with Gasteiger partial charge in [-0.1, -0.05) is 62.4 Å². The number of nitrogens with zero attached hydrogens (tertiary/aromatic N) is 1. The summed E-state index contributed by atoms with van der Waals surface area (Å²) in [5.74, 6) is -1.30. The van der Waals surface area contributed by atoms with Gasteiger partial charge in [-0.05, 0) is 34.6 Å². The first-order valence-electron chi connectivity index (χ1n) is 9.83. The Morgan fingerprint density at radius 3 is 2.18 bits per heavy atom. The molecule has 1 saturated heterocycles. The molecule has 2 aliphatic rings. The largest absolute Gasteiger partial charge is 0.481 e. The molecular formula is C23H25NO4. The predicted molar refractivity (Wildman–Crippen MR) is 106 cm³/mol. The van der Waals surface area contributed by atoms with Crippen LogP contribution in [0.15, 0.2) is 48.5 Å². The van der Waals surface area contributed by atoms with Crippen LogP contribution in [0.5, 0.6) is 0 Å². The quantitative estimate of drug-likeness (QED) is 0.857. The third kappa shape index (κ3) is 3.05. The van der Waals surface area contributed by atoms with Crippen molar-refractivity contribution in [3.8, 4) is 11.1 Å². The Morgan fingerprint density at radius 2 is 1.64 bits per heavy atom. The van der Waals surface area contributed by atoms with Crippen molar-refractivity contribution in [3.63, 3.8) is 0 Å². The highest BCUT2D eigenvalue weighted by molar-refractivity contribution is 5.79. The van der Waals surface area contributed by atoms with Crippen molar-refractivity contribution >= 4 is 12.1 Å². The van der Waals surface area contributed by atoms with E-state index in [1.807, 2.05) is 38.1 Å². The van der Waals surface area contributed by atoms with Gasteiger partial charge >= 0.3 is 12.1 Å². The van der Waals surface area contributed by atoms with Gasteiger partial charge in [0, 0.05) is 12.5 Å². The number of benzene rings is 2. The Kier molecular flexibility index (Phi) is 4.84. The molecular weight excluding hydrogens is 354 g/mol. The predicted octanol–water partition coefficient (Wildman–Crippen LogP) is 4.37. The molecule has 2 aromatic rings. The van der Waals surface area contributed by atoms with E-state index in [1.165, 1.54) is 22.3 Å². The molecule has 1 fully saturated rings. The zero-order chi connectivity index (χ0) is 19.8. The monoisotopic (exact) mass is 379 g/mol. The van der Waals surface area contributed by atoms with Crippen LogP contribution < -0.4 is 0 Å². The van der Waals surface area contributed by atoms with Crippen LogP contribution in [0.1, 0.15) is 37.3 Å². The highest BCUT2D eigenvalue weighted by Gasteiger charge is 2.43. The van der Waals surface area contributed by atoms with E-state index in [1.54, 1.807) is 4.90 Å². The molecule has 0 spiro atoms. The van der Waals surface area contributed by atoms with Crippen molar-refractivity contribution in [3.05, 3.63) is 59.7 Å². The summed E-state index contributed by atoms with van der Waals surface area (Å²) in [4.78, 5) is 26.0. The topological polar surface area (TPSA) is 66.8 Å². The van der Waals surface area contributed by atoms with Gasteiger partial charge in [0.25, 0.3) is 0 Å². The lowest BCUT2D eigenvalue weighted by molar-refractivity contribution is -0.142. The summed E-state index contributed by atoms with van der Waals surface area (Å²) in [6, 6.07) is 16.1. The lowest BCUT2D eigenvalue weighted by Gasteiger charge is -2.29. The maximum Gasteiger partial charge on any atom is 0.410 e. The normalized spacial score (nSPS) is 20.9. The number of hydrogen-bond donors (Lipinski definition) is 1. The van der Waals surface area contributed by atoms with E-state index in [-0.39, 0.29) is 24.5 Å². The molecule has 146 valence electrons. The minimum atomic E-state index is -0.840. The smallest absolute Gasteiger partial charge is 0.410 e. The number of amides is 1. The number of ether oxygens (including phenoxy) is 1. The summed E-state index contributed by atoms with van der Waals surface area (Å²) in [7, 11) is 0. The van der Waals surface area contributed by atoms with Crippen LogP contribution in [-0.2, 0) is 9.53 Å². The summed E-state index contributed by atoms with van der Waals surface area (Å²) in [5, 5.41) is 9.47. The van der Waals surface area contributed by atoms with E-state index in [0.29, 0.717) is 13.0 Å². The molecule has 2 unspecified atom stereocenters. The first-order valence-corrected chi connectivity index (χ1v) is 9.83. The van der Waals surface area contributed by atoms with Gasteiger partial charge in [-0.2, -0.15) is 0 Å². The van der Waals surface area contributed by atoms with Crippen molar-refractivity contribution in [2.24, 2.45) is 11.8 Å². The van der Waals surface area contributed by atoms with E-state index in [2.05, 4.69) is 24.3 Å². The van der Waals surface area contributed by atoms with Crippen molar-refractivity contribution < 1.29 is 19.4 Å². The number of carboxylic acid groups (broad SMARTS) is 1. The maximum atomic E-state index is 12.8. The number of likely N-dealkylation sites (tertiary alicyclic amines) is 1. The van der Waals surface area contributed by atoms with Crippen LogP contribution in [0.3, 0.4) is 0 Å². The molecule has 0 saturated carbocycles. The number of fused-ring (bicyclic) bond motifs is 3. The lowest BCUT2D eigenvalue weighted by atomic mass is 9.91. The van der Waals surface area contributed by atoms with Crippen LogP contribution in [0.2, 0.25) is 0 Å². The molecule has 5 heteroatoms. The molecule has 4 rings (SSSR count). The summed E-state index contributed by atoms with van der Waals surface area (Å²) >= 11 is 0. The zero-order valence-electron chi connectivity index (χ0n) is 16.2. The molecule has 2 aromatic carbocycles. The van der Waals surface area contributed by atoms with Gasteiger partial charge in [-0.15, -0.1) is 0 Å². The number of hydrogen-bond acceptors (Lipinski definition) is 3. The lowest BCUT2D eigenvalue weighted by Crippen LogP contribution is -2.43. The number of carbonyl (C=O) groups excluding carboxylic acids is 1. The van der Waals surface area contributed by atoms with Crippen LogP contribution >= 0.6 is 0 Å². The van der Waals surface area contributed by atoms with Crippen molar-refractivity contribution in [2.45, 2.75) is 32.2 Å². The maximum absolute atomic E-state index is 12.8. The summed E-state index contributed by atoms with van der Waals surface area (Å²) in [6.07, 6.45) is 0.0619. The van der Waals surface area contributed by atoms with Gasteiger partial charge in [0.2, 0.25) is 0 Å². The van der Waals surface area contributed by atoms with E-state index >= 15 is 0 Å². The first-order chi connectivity index (χ1) is 13.5. The third-order valence-corrected chi connectivity index (χ3v) is 6.02. The molecule has 28 heavy (non-hydrogen) atoms. The van der Waals surface area contributed by atoms with E-state index in [0.717, 1.165) is 0 Å². The van der Waals surface area contributed by atoms with E-state index < -0.39 is 18.0 Å². The van der Waals surface area contributed by atoms with E-state index in [4.69, 9.17) is 4.74 Å². The van der Waals surface area contributed by atoms with Crippen LogP contribution in [0.4, 0.5) is 4.79 Å². The van der Waals surface area contributed by atoms with Crippen LogP contribution in [-0.4, -0.2) is 41.3 Å². The highest BCUT2D eigenvalue weighted by atomic mass is 16.6. The Morgan fingerprint density at radius 1 is 1.07 bits per heavy atom. The zero-order valence-corrected chi connectivity index (χ0v) is 16.2. The van der Waals surface area contributed by atoms with Gasteiger partial charge in [-0.3, -0.25) is 4.79 Å². The first kappa shape index (κ1) is 18.5. The molecule has 1 heterocycles. The number of aliphatic carboxylic acids is 1. The third-order valence-electron chi connectivity index (χ3n) is 6.02. The van der Waals surface area contributed by atoms with Crippen LogP contribution in [0, 0.1) is 11.8 Å². The molecule has 1 aliphatic heterocycles. The molecule has 1 N–H and O–H groups in total. The number of rotatable bonds is 4. The van der Waals surface area contributed by atoms with E-state index in [9.17, 15) is 14.7 Å². The minimum Gasteiger partial charge on any atom is -0.481 e. The summed E-state index contributed by atoms with van der Waals surface area (Å²) < 4.78 is 5.73. The van der Waals surface area contributed by atoms with Gasteiger partial charge in [0.1, 0.15) is 6.61 Å². The second-order valence-electron chi connectivity index (χ2n) is 7.97. The molecule has 0 bridgehead atoms. The van der Waals surface area contributed by atoms with Gasteiger partial charge in [-0.25, -0.2) is 4.79 Å². The van der Waals surface area contributed by atoms with Crippen molar-refractivity contribution in [2.75, 3.05) is 13.2 Å². The van der Waals surface area contributed by atoms with Gasteiger partial charge in [0.15, 0.2) is 0 Å². The standard InChI is InChI=1S/C23H25NO4/c1-14(2)21-19(22(25)26)11-12-24(21)23(27)28-13-20-17-9-5-3-7-15(17)16-8-4-6-10-18(16)20/h3-10,14,19-21H,11-13H2,1-2H3,(H,25,26). The SMILES string of the molecule is CC(C)C1C(C(=O)O)CCN1C(=O)OCC1c2ccccc2-c2ccccc21. The highest BCUT2D eigenvalue weighted by Crippen LogP contribution is 2.44. The Hall–Kier alpha value is -2.82. The average molecular weight is 379 g/mol. The fourth-order valence-electron chi connectivity index (χ4n) is 4.80. The number of carbonyl (C=O) groups is 2. The summed E-state index contributed by atoms with van der Waals surface area (Å²) in [5.41, 5.74) is 4.71. The van der Waals surface area contributed by atoms with Gasteiger partial charge < -0.3 is 14.7 Å². The second kappa shape index (κ2) is 7.30. The molecule has 1 amide bonds. The molecule has 2 atom stereocenters. The Bertz CT molecular complexity index is 861. The average Bonchev–Trinajstić information content (AvgIpc) is 3.27. The van der Waals surface area contributed by atoms with Crippen molar-refractivity contribution in [1.29, 1.82) is 0 Å². The van der Waals surface area contributed by atoms with Crippen LogP contribution in [0.25, 0.3) is 11.1 Å². The second-order valence-corrected chi connectivity index (χ2v) is 7.97.